The van der Waals surface area contributed by atoms with E-state index in [1.807, 2.05) is 0 Å². The fraction of sp³-hybridized carbons (Fsp3) is 0.800. The van der Waals surface area contributed by atoms with Crippen LogP contribution in [0.2, 0.25) is 0 Å². The Kier molecular flexibility index (Phi) is 3.21. The van der Waals surface area contributed by atoms with Crippen LogP contribution < -0.4 is 5.32 Å². The number of amides is 1. The van der Waals surface area contributed by atoms with E-state index in [2.05, 4.69) is 5.32 Å². The van der Waals surface area contributed by atoms with E-state index in [4.69, 9.17) is 9.84 Å². The van der Waals surface area contributed by atoms with Crippen molar-refractivity contribution >= 4 is 12.1 Å². The van der Waals surface area contributed by atoms with Crippen LogP contribution in [0.4, 0.5) is 4.79 Å². The maximum Gasteiger partial charge on any atom is 0.407 e. The minimum atomic E-state index is -0.859. The SMILES string of the molecule is CC(C)(C)OC(=O)NC1CCC1C(=O)O. The number of carbonyl (C=O) groups is 2. The lowest BCUT2D eigenvalue weighted by atomic mass is 9.80. The van der Waals surface area contributed by atoms with Crippen LogP contribution in [0, 0.1) is 5.92 Å². The largest absolute Gasteiger partial charge is 0.481 e. The van der Waals surface area contributed by atoms with Gasteiger partial charge in [-0.25, -0.2) is 4.79 Å². The first-order chi connectivity index (χ1) is 6.79. The molecule has 0 spiro atoms. The molecule has 2 unspecified atom stereocenters. The van der Waals surface area contributed by atoms with Gasteiger partial charge in [0.2, 0.25) is 0 Å². The lowest BCUT2D eigenvalue weighted by Gasteiger charge is -2.34. The average Bonchev–Trinajstić information content (AvgIpc) is 1.93. The summed E-state index contributed by atoms with van der Waals surface area (Å²) < 4.78 is 5.03. The molecule has 1 aliphatic rings. The molecular weight excluding hydrogens is 198 g/mol. The summed E-state index contributed by atoms with van der Waals surface area (Å²) in [5, 5.41) is 11.3. The quantitative estimate of drug-likeness (QED) is 0.729. The second-order valence-electron chi connectivity index (χ2n) is 4.77. The molecule has 1 aliphatic carbocycles. The average molecular weight is 215 g/mol. The molecule has 86 valence electrons. The van der Waals surface area contributed by atoms with Gasteiger partial charge in [0.15, 0.2) is 0 Å². The highest BCUT2D eigenvalue weighted by Gasteiger charge is 2.38. The highest BCUT2D eigenvalue weighted by molar-refractivity contribution is 5.74. The Balaban J connectivity index is 2.36. The Morgan fingerprint density at radius 3 is 2.27 bits per heavy atom. The second kappa shape index (κ2) is 4.08. The van der Waals surface area contributed by atoms with Crippen LogP contribution in [0.1, 0.15) is 33.6 Å². The molecule has 1 saturated carbocycles. The van der Waals surface area contributed by atoms with Crippen molar-refractivity contribution in [3.05, 3.63) is 0 Å². The van der Waals surface area contributed by atoms with Crippen LogP contribution in [0.3, 0.4) is 0 Å². The van der Waals surface area contributed by atoms with Crippen LogP contribution >= 0.6 is 0 Å². The minimum Gasteiger partial charge on any atom is -0.481 e. The smallest absolute Gasteiger partial charge is 0.407 e. The first-order valence-electron chi connectivity index (χ1n) is 5.02. The number of hydrogen-bond donors (Lipinski definition) is 2. The molecule has 1 amide bonds. The summed E-state index contributed by atoms with van der Waals surface area (Å²) in [6.07, 6.45) is 0.782. The normalized spacial score (nSPS) is 25.3. The van der Waals surface area contributed by atoms with Gasteiger partial charge in [-0.3, -0.25) is 4.79 Å². The van der Waals surface area contributed by atoms with Crippen molar-refractivity contribution < 1.29 is 19.4 Å². The van der Waals surface area contributed by atoms with E-state index in [1.54, 1.807) is 20.8 Å². The topological polar surface area (TPSA) is 75.6 Å². The summed E-state index contributed by atoms with van der Waals surface area (Å²) >= 11 is 0. The Bertz CT molecular complexity index is 269. The van der Waals surface area contributed by atoms with Crippen LogP contribution in [-0.2, 0) is 9.53 Å². The Labute approximate surface area is 88.8 Å². The zero-order chi connectivity index (χ0) is 11.6. The monoisotopic (exact) mass is 215 g/mol. The van der Waals surface area contributed by atoms with Crippen molar-refractivity contribution in [2.75, 3.05) is 0 Å². The first kappa shape index (κ1) is 11.8. The van der Waals surface area contributed by atoms with Crippen molar-refractivity contribution in [2.45, 2.75) is 45.3 Å². The van der Waals surface area contributed by atoms with Gasteiger partial charge in [-0.2, -0.15) is 0 Å². The molecule has 15 heavy (non-hydrogen) atoms. The van der Waals surface area contributed by atoms with Gasteiger partial charge in [-0.1, -0.05) is 0 Å². The number of nitrogens with one attached hydrogen (secondary N) is 1. The highest BCUT2D eigenvalue weighted by Crippen LogP contribution is 2.27. The van der Waals surface area contributed by atoms with Crippen molar-refractivity contribution in [2.24, 2.45) is 5.92 Å². The summed E-state index contributed by atoms with van der Waals surface area (Å²) in [5.41, 5.74) is -0.549. The molecule has 2 atom stereocenters. The van der Waals surface area contributed by atoms with Crippen LogP contribution in [0.5, 0.6) is 0 Å². The summed E-state index contributed by atoms with van der Waals surface area (Å²) in [6, 6.07) is -0.280. The molecule has 2 N–H and O–H groups in total. The summed E-state index contributed by atoms with van der Waals surface area (Å²) in [7, 11) is 0. The molecule has 1 rings (SSSR count). The van der Waals surface area contributed by atoms with Gasteiger partial charge in [0.25, 0.3) is 0 Å². The van der Waals surface area contributed by atoms with Crippen molar-refractivity contribution in [1.29, 1.82) is 0 Å². The molecule has 0 heterocycles. The van der Waals surface area contributed by atoms with Gasteiger partial charge in [0.1, 0.15) is 5.60 Å². The second-order valence-corrected chi connectivity index (χ2v) is 4.77. The number of alkyl carbamates (subject to hydrolysis) is 1. The minimum absolute atomic E-state index is 0.280. The highest BCUT2D eigenvalue weighted by atomic mass is 16.6. The third-order valence-electron chi connectivity index (χ3n) is 2.29. The van der Waals surface area contributed by atoms with Crippen LogP contribution in [0.25, 0.3) is 0 Å². The van der Waals surface area contributed by atoms with Gasteiger partial charge in [-0.15, -0.1) is 0 Å². The predicted molar refractivity (Wildman–Crippen MR) is 53.5 cm³/mol. The molecule has 5 nitrogen and oxygen atoms in total. The first-order valence-corrected chi connectivity index (χ1v) is 5.02. The molecule has 0 aromatic carbocycles. The van der Waals surface area contributed by atoms with Crippen molar-refractivity contribution in [3.8, 4) is 0 Å². The Hall–Kier alpha value is -1.26. The van der Waals surface area contributed by atoms with Gasteiger partial charge in [0.05, 0.1) is 5.92 Å². The standard InChI is InChI=1S/C10H17NO4/c1-10(2,3)15-9(14)11-7-5-4-6(7)8(12)13/h6-7H,4-5H2,1-3H3,(H,11,14)(H,12,13). The molecule has 5 heteroatoms. The van der Waals surface area contributed by atoms with E-state index in [-0.39, 0.29) is 6.04 Å². The van der Waals surface area contributed by atoms with E-state index >= 15 is 0 Å². The number of hydrogen-bond acceptors (Lipinski definition) is 3. The summed E-state index contributed by atoms with van der Waals surface area (Å²) in [5.74, 6) is -1.32. The third-order valence-corrected chi connectivity index (χ3v) is 2.29. The molecule has 0 aliphatic heterocycles. The van der Waals surface area contributed by atoms with Crippen molar-refractivity contribution in [3.63, 3.8) is 0 Å². The molecular formula is C10H17NO4. The maximum atomic E-state index is 11.3. The van der Waals surface area contributed by atoms with E-state index in [1.165, 1.54) is 0 Å². The third kappa shape index (κ3) is 3.42. The number of carbonyl (C=O) groups excluding carboxylic acids is 1. The molecule has 0 bridgehead atoms. The van der Waals surface area contributed by atoms with Crippen LogP contribution in [0.15, 0.2) is 0 Å². The summed E-state index contributed by atoms with van der Waals surface area (Å²) in [6.45, 7) is 5.30. The summed E-state index contributed by atoms with van der Waals surface area (Å²) in [4.78, 5) is 22.0. The maximum absolute atomic E-state index is 11.3. The van der Waals surface area contributed by atoms with E-state index in [0.29, 0.717) is 12.8 Å². The number of carboxylic acids is 1. The molecule has 0 radical (unpaired) electrons. The molecule has 1 fully saturated rings. The number of rotatable bonds is 2. The van der Waals surface area contributed by atoms with Gasteiger partial charge in [-0.05, 0) is 33.6 Å². The molecule has 0 aromatic rings. The predicted octanol–water partition coefficient (Wildman–Crippen LogP) is 1.37. The molecule has 0 saturated heterocycles. The van der Waals surface area contributed by atoms with Gasteiger partial charge < -0.3 is 15.2 Å². The van der Waals surface area contributed by atoms with Gasteiger partial charge >= 0.3 is 12.1 Å². The number of aliphatic carboxylic acids is 1. The number of ether oxygens (including phenoxy) is 1. The van der Waals surface area contributed by atoms with E-state index in [9.17, 15) is 9.59 Å². The van der Waals surface area contributed by atoms with Gasteiger partial charge in [0, 0.05) is 6.04 Å². The fourth-order valence-corrected chi connectivity index (χ4v) is 1.43. The fourth-order valence-electron chi connectivity index (χ4n) is 1.43. The van der Waals surface area contributed by atoms with Crippen LogP contribution in [-0.4, -0.2) is 28.8 Å². The zero-order valence-corrected chi connectivity index (χ0v) is 9.24. The van der Waals surface area contributed by atoms with E-state index in [0.717, 1.165) is 0 Å². The van der Waals surface area contributed by atoms with E-state index < -0.39 is 23.6 Å². The Morgan fingerprint density at radius 2 is 1.93 bits per heavy atom. The lowest BCUT2D eigenvalue weighted by molar-refractivity contribution is -0.145. The zero-order valence-electron chi connectivity index (χ0n) is 9.24. The molecule has 0 aromatic heterocycles. The number of carboxylic acid groups (broad SMARTS) is 1. The van der Waals surface area contributed by atoms with Crippen molar-refractivity contribution in [1.82, 2.24) is 5.32 Å². The Morgan fingerprint density at radius 1 is 1.33 bits per heavy atom. The lowest BCUT2D eigenvalue weighted by Crippen LogP contribution is -2.51.